The standard InChI is InChI=1S/C22H19N3O5/c1-13-4-5-16(19(8-13)25(27)28)12-30-20-7-6-15(10-21(20)29-3)17-9-14(2)24-22(26)18(17)11-23/h4-10H,12H2,1-3H3,(H,24,26). The molecule has 0 saturated heterocycles. The third kappa shape index (κ3) is 4.15. The summed E-state index contributed by atoms with van der Waals surface area (Å²) in [5.74, 6) is 0.764. The summed E-state index contributed by atoms with van der Waals surface area (Å²) in [6.07, 6.45) is 0. The molecule has 2 aromatic carbocycles. The first-order chi connectivity index (χ1) is 14.3. The number of hydrogen-bond acceptors (Lipinski definition) is 6. The second kappa shape index (κ2) is 8.49. The van der Waals surface area contributed by atoms with Crippen molar-refractivity contribution in [3.05, 3.63) is 85.3 Å². The number of nitrogens with one attached hydrogen (secondary N) is 1. The van der Waals surface area contributed by atoms with Crippen LogP contribution in [0.4, 0.5) is 5.69 Å². The van der Waals surface area contributed by atoms with Gasteiger partial charge in [0.15, 0.2) is 11.5 Å². The van der Waals surface area contributed by atoms with Crippen molar-refractivity contribution in [2.75, 3.05) is 7.11 Å². The topological polar surface area (TPSA) is 118 Å². The van der Waals surface area contributed by atoms with Crippen LogP contribution in [0.2, 0.25) is 0 Å². The van der Waals surface area contributed by atoms with Crippen LogP contribution in [0.1, 0.15) is 22.4 Å². The first-order valence-corrected chi connectivity index (χ1v) is 9.03. The van der Waals surface area contributed by atoms with Crippen LogP contribution >= 0.6 is 0 Å². The van der Waals surface area contributed by atoms with Crippen LogP contribution in [0.25, 0.3) is 11.1 Å². The Morgan fingerprint density at radius 2 is 1.90 bits per heavy atom. The van der Waals surface area contributed by atoms with Gasteiger partial charge in [0.25, 0.3) is 11.2 Å². The van der Waals surface area contributed by atoms with Crippen LogP contribution in [0.5, 0.6) is 11.5 Å². The summed E-state index contributed by atoms with van der Waals surface area (Å²) in [6, 6.07) is 13.6. The van der Waals surface area contributed by atoms with E-state index in [1.54, 1.807) is 50.2 Å². The third-order valence-corrected chi connectivity index (χ3v) is 4.58. The van der Waals surface area contributed by atoms with E-state index in [2.05, 4.69) is 4.98 Å². The molecule has 152 valence electrons. The Morgan fingerprint density at radius 3 is 2.57 bits per heavy atom. The molecule has 0 fully saturated rings. The van der Waals surface area contributed by atoms with E-state index in [-0.39, 0.29) is 17.9 Å². The molecule has 0 radical (unpaired) electrons. The summed E-state index contributed by atoms with van der Waals surface area (Å²) in [4.78, 5) is 25.5. The lowest BCUT2D eigenvalue weighted by Gasteiger charge is -2.13. The average Bonchev–Trinajstić information content (AvgIpc) is 2.72. The van der Waals surface area contributed by atoms with Crippen molar-refractivity contribution in [2.24, 2.45) is 0 Å². The van der Waals surface area contributed by atoms with Crippen LogP contribution in [0, 0.1) is 35.3 Å². The number of nitro benzene ring substituents is 1. The zero-order chi connectivity index (χ0) is 21.8. The van der Waals surface area contributed by atoms with E-state index in [4.69, 9.17) is 9.47 Å². The van der Waals surface area contributed by atoms with Gasteiger partial charge >= 0.3 is 0 Å². The molecule has 1 heterocycles. The van der Waals surface area contributed by atoms with E-state index in [1.807, 2.05) is 6.07 Å². The highest BCUT2D eigenvalue weighted by molar-refractivity contribution is 5.72. The molecule has 3 rings (SSSR count). The maximum absolute atomic E-state index is 12.1. The van der Waals surface area contributed by atoms with Gasteiger partial charge in [0, 0.05) is 17.3 Å². The number of pyridine rings is 1. The molecule has 0 aliphatic heterocycles. The second-order valence-corrected chi connectivity index (χ2v) is 6.73. The van der Waals surface area contributed by atoms with Crippen LogP contribution in [-0.4, -0.2) is 17.0 Å². The molecule has 0 unspecified atom stereocenters. The minimum Gasteiger partial charge on any atom is -0.493 e. The number of nitriles is 1. The van der Waals surface area contributed by atoms with Crippen LogP contribution in [-0.2, 0) is 6.61 Å². The van der Waals surface area contributed by atoms with Crippen molar-refractivity contribution in [1.82, 2.24) is 4.98 Å². The van der Waals surface area contributed by atoms with E-state index in [9.17, 15) is 20.2 Å². The first-order valence-electron chi connectivity index (χ1n) is 9.03. The zero-order valence-corrected chi connectivity index (χ0v) is 16.7. The summed E-state index contributed by atoms with van der Waals surface area (Å²) in [5.41, 5.74) is 2.49. The van der Waals surface area contributed by atoms with E-state index in [0.29, 0.717) is 33.9 Å². The van der Waals surface area contributed by atoms with Crippen molar-refractivity contribution >= 4 is 5.69 Å². The number of nitro groups is 1. The van der Waals surface area contributed by atoms with E-state index < -0.39 is 10.5 Å². The maximum atomic E-state index is 12.1. The number of aryl methyl sites for hydroxylation is 2. The van der Waals surface area contributed by atoms with E-state index in [0.717, 1.165) is 5.56 Å². The Morgan fingerprint density at radius 1 is 1.13 bits per heavy atom. The fourth-order valence-electron chi connectivity index (χ4n) is 3.10. The molecule has 0 saturated carbocycles. The number of H-pyrrole nitrogens is 1. The lowest BCUT2D eigenvalue weighted by atomic mass is 10.0. The van der Waals surface area contributed by atoms with Gasteiger partial charge in [0.05, 0.1) is 17.6 Å². The molecule has 0 amide bonds. The normalized spacial score (nSPS) is 10.3. The van der Waals surface area contributed by atoms with Crippen molar-refractivity contribution in [2.45, 2.75) is 20.5 Å². The minimum atomic E-state index is -0.460. The SMILES string of the molecule is COc1cc(-c2cc(C)[nH]c(=O)c2C#N)ccc1OCc1ccc(C)cc1[N+](=O)[O-]. The number of ether oxygens (including phenoxy) is 2. The van der Waals surface area contributed by atoms with E-state index >= 15 is 0 Å². The number of rotatable bonds is 6. The third-order valence-electron chi connectivity index (χ3n) is 4.58. The number of hydrogen-bond donors (Lipinski definition) is 1. The van der Waals surface area contributed by atoms with Gasteiger partial charge in [-0.05, 0) is 49.2 Å². The van der Waals surface area contributed by atoms with Gasteiger partial charge in [-0.15, -0.1) is 0 Å². The molecule has 0 aliphatic rings. The Hall–Kier alpha value is -4.12. The number of benzene rings is 2. The fourth-order valence-corrected chi connectivity index (χ4v) is 3.10. The van der Waals surface area contributed by atoms with Gasteiger partial charge < -0.3 is 14.5 Å². The van der Waals surface area contributed by atoms with Crippen LogP contribution < -0.4 is 15.0 Å². The first kappa shape index (κ1) is 20.6. The highest BCUT2D eigenvalue weighted by atomic mass is 16.6. The van der Waals surface area contributed by atoms with Gasteiger partial charge in [0.2, 0.25) is 0 Å². The van der Waals surface area contributed by atoms with Gasteiger partial charge in [-0.2, -0.15) is 5.26 Å². The molecule has 0 bridgehead atoms. The highest BCUT2D eigenvalue weighted by Crippen LogP contribution is 2.34. The zero-order valence-electron chi connectivity index (χ0n) is 16.7. The van der Waals surface area contributed by atoms with Crippen molar-refractivity contribution in [1.29, 1.82) is 5.26 Å². The number of methoxy groups -OCH3 is 1. The van der Waals surface area contributed by atoms with Gasteiger partial charge in [-0.3, -0.25) is 14.9 Å². The number of nitrogens with zero attached hydrogens (tertiary/aromatic N) is 2. The largest absolute Gasteiger partial charge is 0.493 e. The van der Waals surface area contributed by atoms with Crippen molar-refractivity contribution in [3.63, 3.8) is 0 Å². The molecular formula is C22H19N3O5. The summed E-state index contributed by atoms with van der Waals surface area (Å²) < 4.78 is 11.2. The summed E-state index contributed by atoms with van der Waals surface area (Å²) in [6.45, 7) is 3.50. The van der Waals surface area contributed by atoms with Crippen molar-refractivity contribution < 1.29 is 14.4 Å². The molecule has 8 nitrogen and oxygen atoms in total. The summed E-state index contributed by atoms with van der Waals surface area (Å²) in [5, 5.41) is 20.6. The molecule has 0 spiro atoms. The predicted molar refractivity (Wildman–Crippen MR) is 111 cm³/mol. The lowest BCUT2D eigenvalue weighted by Crippen LogP contribution is -2.12. The van der Waals surface area contributed by atoms with Gasteiger partial charge in [0.1, 0.15) is 18.2 Å². The quantitative estimate of drug-likeness (QED) is 0.489. The lowest BCUT2D eigenvalue weighted by molar-refractivity contribution is -0.385. The fraction of sp³-hybridized carbons (Fsp3) is 0.182. The minimum absolute atomic E-state index is 0.00611. The van der Waals surface area contributed by atoms with Crippen molar-refractivity contribution in [3.8, 4) is 28.7 Å². The van der Waals surface area contributed by atoms with Crippen LogP contribution in [0.3, 0.4) is 0 Å². The molecule has 0 aliphatic carbocycles. The smallest absolute Gasteiger partial charge is 0.276 e. The van der Waals surface area contributed by atoms with E-state index in [1.165, 1.54) is 13.2 Å². The summed E-state index contributed by atoms with van der Waals surface area (Å²) in [7, 11) is 1.47. The predicted octanol–water partition coefficient (Wildman–Crippen LogP) is 4.03. The summed E-state index contributed by atoms with van der Waals surface area (Å²) >= 11 is 0. The molecule has 3 aromatic rings. The average molecular weight is 405 g/mol. The van der Waals surface area contributed by atoms with Gasteiger partial charge in [-0.25, -0.2) is 0 Å². The monoisotopic (exact) mass is 405 g/mol. The van der Waals surface area contributed by atoms with Crippen LogP contribution in [0.15, 0.2) is 47.3 Å². The Kier molecular flexibility index (Phi) is 5.83. The molecule has 1 N–H and O–H groups in total. The number of aromatic amines is 1. The second-order valence-electron chi connectivity index (χ2n) is 6.73. The molecular weight excluding hydrogens is 386 g/mol. The molecule has 30 heavy (non-hydrogen) atoms. The Balaban J connectivity index is 1.95. The molecule has 8 heteroatoms. The van der Waals surface area contributed by atoms with Gasteiger partial charge in [-0.1, -0.05) is 12.1 Å². The Bertz CT molecular complexity index is 1220. The number of aromatic nitrogens is 1. The highest BCUT2D eigenvalue weighted by Gasteiger charge is 2.17. The molecule has 0 atom stereocenters. The Labute approximate surface area is 172 Å². The maximum Gasteiger partial charge on any atom is 0.276 e. The molecule has 1 aromatic heterocycles.